The summed E-state index contributed by atoms with van der Waals surface area (Å²) in [5, 5.41) is 4.80. The topological polar surface area (TPSA) is 86.5 Å². The van der Waals surface area contributed by atoms with E-state index in [1.165, 1.54) is 12.8 Å². The number of likely N-dealkylation sites (tertiary alicyclic amines) is 1. The zero-order valence-corrected chi connectivity index (χ0v) is 12.6. The van der Waals surface area contributed by atoms with Crippen LogP contribution in [0.4, 0.5) is 5.69 Å². The van der Waals surface area contributed by atoms with E-state index in [4.69, 9.17) is 5.73 Å². The number of rotatable bonds is 1. The first-order valence-corrected chi connectivity index (χ1v) is 7.72. The van der Waals surface area contributed by atoms with E-state index in [9.17, 15) is 4.79 Å². The van der Waals surface area contributed by atoms with Crippen LogP contribution < -0.4 is 11.2 Å². The van der Waals surface area contributed by atoms with Gasteiger partial charge in [0, 0.05) is 22.2 Å². The van der Waals surface area contributed by atoms with Crippen LogP contribution >= 0.6 is 0 Å². The number of aromatic amines is 1. The Bertz CT molecular complexity index is 878. The van der Waals surface area contributed by atoms with Crippen molar-refractivity contribution in [3.8, 4) is 11.8 Å². The van der Waals surface area contributed by atoms with Crippen LogP contribution in [0.25, 0.3) is 10.9 Å². The Kier molecular flexibility index (Phi) is 3.28. The Labute approximate surface area is 133 Å². The summed E-state index contributed by atoms with van der Waals surface area (Å²) in [6, 6.07) is 3.49. The van der Waals surface area contributed by atoms with E-state index in [-0.39, 0.29) is 5.91 Å². The second kappa shape index (κ2) is 5.45. The smallest absolute Gasteiger partial charge is 0.272 e. The minimum atomic E-state index is -0.257. The third-order valence-corrected chi connectivity index (χ3v) is 4.28. The molecule has 0 radical (unpaired) electrons. The largest absolute Gasteiger partial charge is 0.399 e. The first kappa shape index (κ1) is 13.9. The van der Waals surface area contributed by atoms with Crippen LogP contribution in [0.3, 0.4) is 0 Å². The summed E-state index contributed by atoms with van der Waals surface area (Å²) in [6.45, 7) is 3.00. The van der Waals surface area contributed by atoms with Crippen molar-refractivity contribution in [3.05, 3.63) is 29.0 Å². The lowest BCUT2D eigenvalue weighted by Gasteiger charge is -2.08. The summed E-state index contributed by atoms with van der Waals surface area (Å²) in [5.41, 5.74) is 11.9. The van der Waals surface area contributed by atoms with Crippen LogP contribution in [0.1, 0.15) is 34.5 Å². The molecule has 1 aromatic carbocycles. The Morgan fingerprint density at radius 1 is 1.30 bits per heavy atom. The number of hydrogen-bond acceptors (Lipinski definition) is 4. The molecule has 1 saturated heterocycles. The van der Waals surface area contributed by atoms with Crippen molar-refractivity contribution in [2.24, 2.45) is 5.10 Å². The molecule has 0 atom stereocenters. The fourth-order valence-electron chi connectivity index (χ4n) is 3.18. The molecule has 2 aliphatic rings. The van der Waals surface area contributed by atoms with E-state index in [1.807, 2.05) is 6.07 Å². The van der Waals surface area contributed by atoms with Crippen LogP contribution in [-0.4, -0.2) is 41.6 Å². The minimum Gasteiger partial charge on any atom is -0.399 e. The van der Waals surface area contributed by atoms with Gasteiger partial charge in [-0.1, -0.05) is 5.92 Å². The molecular weight excluding hydrogens is 290 g/mol. The summed E-state index contributed by atoms with van der Waals surface area (Å²) in [4.78, 5) is 17.7. The number of hydrogen-bond donors (Lipinski definition) is 3. The van der Waals surface area contributed by atoms with Gasteiger partial charge < -0.3 is 10.7 Å². The molecule has 23 heavy (non-hydrogen) atoms. The number of nitrogens with zero attached hydrogens (tertiary/aromatic N) is 2. The zero-order chi connectivity index (χ0) is 15.8. The van der Waals surface area contributed by atoms with Crippen molar-refractivity contribution in [1.29, 1.82) is 0 Å². The molecular formula is C17H17N5O. The highest BCUT2D eigenvalue weighted by atomic mass is 16.2. The van der Waals surface area contributed by atoms with E-state index in [1.54, 1.807) is 12.3 Å². The van der Waals surface area contributed by atoms with Crippen molar-refractivity contribution in [3.63, 3.8) is 0 Å². The SMILES string of the molecule is Nc1cc2c3c(c(C#CCN4CCCC4)[nH]c3c1)C=NNC2=O. The summed E-state index contributed by atoms with van der Waals surface area (Å²) < 4.78 is 0. The Morgan fingerprint density at radius 2 is 2.13 bits per heavy atom. The second-order valence-corrected chi connectivity index (χ2v) is 5.89. The third-order valence-electron chi connectivity index (χ3n) is 4.28. The number of nitrogen functional groups attached to an aromatic ring is 1. The molecule has 4 N–H and O–H groups in total. The van der Waals surface area contributed by atoms with Crippen molar-refractivity contribution in [1.82, 2.24) is 15.3 Å². The van der Waals surface area contributed by atoms with Gasteiger partial charge in [-0.05, 0) is 44.0 Å². The van der Waals surface area contributed by atoms with Gasteiger partial charge in [-0.3, -0.25) is 9.69 Å². The average molecular weight is 307 g/mol. The van der Waals surface area contributed by atoms with Crippen LogP contribution in [0, 0.1) is 11.8 Å². The minimum absolute atomic E-state index is 0.257. The van der Waals surface area contributed by atoms with Crippen molar-refractivity contribution in [2.45, 2.75) is 12.8 Å². The van der Waals surface area contributed by atoms with Gasteiger partial charge in [0.2, 0.25) is 0 Å². The summed E-state index contributed by atoms with van der Waals surface area (Å²) in [7, 11) is 0. The number of nitrogens with two attached hydrogens (primary N) is 1. The maximum absolute atomic E-state index is 12.1. The molecule has 0 aliphatic carbocycles. The third kappa shape index (κ3) is 2.45. The number of nitrogens with one attached hydrogen (secondary N) is 2. The van der Waals surface area contributed by atoms with Crippen LogP contribution in [0.15, 0.2) is 17.2 Å². The summed E-state index contributed by atoms with van der Waals surface area (Å²) in [6.07, 6.45) is 4.15. The van der Waals surface area contributed by atoms with Gasteiger partial charge >= 0.3 is 0 Å². The number of amides is 1. The normalized spacial score (nSPS) is 17.0. The van der Waals surface area contributed by atoms with Crippen LogP contribution in [-0.2, 0) is 0 Å². The van der Waals surface area contributed by atoms with E-state index in [0.29, 0.717) is 11.3 Å². The number of carbonyl (C=O) groups is 1. The highest BCUT2D eigenvalue weighted by Gasteiger charge is 2.20. The van der Waals surface area contributed by atoms with Gasteiger partial charge in [0.05, 0.1) is 24.0 Å². The molecule has 3 heterocycles. The van der Waals surface area contributed by atoms with Gasteiger partial charge in [-0.2, -0.15) is 5.10 Å². The molecule has 0 spiro atoms. The lowest BCUT2D eigenvalue weighted by atomic mass is 10.0. The predicted molar refractivity (Wildman–Crippen MR) is 90.3 cm³/mol. The van der Waals surface area contributed by atoms with E-state index >= 15 is 0 Å². The van der Waals surface area contributed by atoms with Gasteiger partial charge in [-0.15, -0.1) is 0 Å². The number of anilines is 1. The van der Waals surface area contributed by atoms with E-state index in [0.717, 1.165) is 41.8 Å². The lowest BCUT2D eigenvalue weighted by Crippen LogP contribution is -2.19. The fraction of sp³-hybridized carbons (Fsp3) is 0.294. The van der Waals surface area contributed by atoms with Crippen molar-refractivity contribution >= 4 is 28.7 Å². The van der Waals surface area contributed by atoms with Gasteiger partial charge in [0.15, 0.2) is 0 Å². The van der Waals surface area contributed by atoms with Gasteiger partial charge in [-0.25, -0.2) is 5.43 Å². The monoisotopic (exact) mass is 307 g/mol. The summed E-state index contributed by atoms with van der Waals surface area (Å²) in [5.74, 6) is 6.14. The Hall–Kier alpha value is -2.78. The molecule has 6 nitrogen and oxygen atoms in total. The number of H-pyrrole nitrogens is 1. The number of carbonyl (C=O) groups excluding carboxylic acids is 1. The number of aromatic nitrogens is 1. The maximum Gasteiger partial charge on any atom is 0.272 e. The molecule has 1 amide bonds. The van der Waals surface area contributed by atoms with E-state index < -0.39 is 0 Å². The Morgan fingerprint density at radius 3 is 2.96 bits per heavy atom. The molecule has 2 aliphatic heterocycles. The molecule has 1 fully saturated rings. The van der Waals surface area contributed by atoms with Crippen LogP contribution in [0.5, 0.6) is 0 Å². The van der Waals surface area contributed by atoms with Crippen molar-refractivity contribution in [2.75, 3.05) is 25.4 Å². The fourth-order valence-corrected chi connectivity index (χ4v) is 3.18. The summed E-state index contributed by atoms with van der Waals surface area (Å²) >= 11 is 0. The maximum atomic E-state index is 12.1. The first-order valence-electron chi connectivity index (χ1n) is 7.72. The zero-order valence-electron chi connectivity index (χ0n) is 12.6. The Balaban J connectivity index is 1.78. The average Bonchev–Trinajstić information content (AvgIpc) is 3.11. The van der Waals surface area contributed by atoms with Gasteiger partial charge in [0.25, 0.3) is 5.91 Å². The molecule has 6 heteroatoms. The molecule has 0 unspecified atom stereocenters. The molecule has 2 aromatic rings. The molecule has 4 rings (SSSR count). The molecule has 1 aromatic heterocycles. The second-order valence-electron chi connectivity index (χ2n) is 5.89. The lowest BCUT2D eigenvalue weighted by molar-refractivity contribution is 0.0957. The number of benzene rings is 1. The van der Waals surface area contributed by atoms with E-state index in [2.05, 4.69) is 32.3 Å². The van der Waals surface area contributed by atoms with Gasteiger partial charge in [0.1, 0.15) is 0 Å². The molecule has 0 saturated carbocycles. The highest BCUT2D eigenvalue weighted by molar-refractivity contribution is 6.16. The predicted octanol–water partition coefficient (Wildman–Crippen LogP) is 1.27. The molecule has 0 bridgehead atoms. The molecule has 116 valence electrons. The standard InChI is InChI=1S/C17H17N5O/c18-11-8-12-16-13(10-19-21-17(12)23)14(20-15(16)9-11)4-3-7-22-5-1-2-6-22/h8-10,20H,1-2,5-7,18H2,(H,21,23). The number of hydrazone groups is 1. The van der Waals surface area contributed by atoms with Crippen molar-refractivity contribution < 1.29 is 4.79 Å². The highest BCUT2D eigenvalue weighted by Crippen LogP contribution is 2.28. The van der Waals surface area contributed by atoms with Crippen LogP contribution in [0.2, 0.25) is 0 Å². The first-order chi connectivity index (χ1) is 11.2. The quantitative estimate of drug-likeness (QED) is 0.548.